The number of alkyl halides is 3. The number of aliphatic hydroxyl groups excluding tert-OH is 1. The summed E-state index contributed by atoms with van der Waals surface area (Å²) in [4.78, 5) is 10.4. The van der Waals surface area contributed by atoms with Crippen LogP contribution in [0.2, 0.25) is 0 Å². The Kier molecular flexibility index (Phi) is 5.91. The Morgan fingerprint density at radius 1 is 1.35 bits per heavy atom. The molecule has 0 aromatic heterocycles. The van der Waals surface area contributed by atoms with Crippen LogP contribution in [0.15, 0.2) is 0 Å². The Bertz CT molecular complexity index is 254. The van der Waals surface area contributed by atoms with Crippen molar-refractivity contribution in [2.24, 2.45) is 11.3 Å². The highest BCUT2D eigenvalue weighted by Crippen LogP contribution is 2.26. The second kappa shape index (κ2) is 6.20. The summed E-state index contributed by atoms with van der Waals surface area (Å²) < 4.78 is 36.8. The monoisotopic (exact) mass is 257 g/mol. The standard InChI is InChI=1S/C10H18F3NO3/c1-9(2,3-4-15)6-14-5-7(8(16)17)10(11,12)13/h7,14-15H,3-6H2,1-2H3,(H,16,17). The average Bonchev–Trinajstić information content (AvgIpc) is 2.09. The van der Waals surface area contributed by atoms with Crippen molar-refractivity contribution in [1.29, 1.82) is 0 Å². The van der Waals surface area contributed by atoms with Gasteiger partial charge in [-0.1, -0.05) is 13.8 Å². The minimum Gasteiger partial charge on any atom is -0.481 e. The largest absolute Gasteiger partial charge is 0.481 e. The Morgan fingerprint density at radius 2 is 1.88 bits per heavy atom. The molecule has 0 spiro atoms. The van der Waals surface area contributed by atoms with E-state index >= 15 is 0 Å². The molecule has 0 aliphatic rings. The topological polar surface area (TPSA) is 69.6 Å². The van der Waals surface area contributed by atoms with Crippen LogP contribution in [0, 0.1) is 11.3 Å². The van der Waals surface area contributed by atoms with Gasteiger partial charge in [-0.2, -0.15) is 13.2 Å². The van der Waals surface area contributed by atoms with E-state index in [-0.39, 0.29) is 18.6 Å². The first-order valence-corrected chi connectivity index (χ1v) is 5.21. The molecule has 0 amide bonds. The van der Waals surface area contributed by atoms with Crippen molar-refractivity contribution >= 4 is 5.97 Å². The Labute approximate surface area is 97.8 Å². The predicted molar refractivity (Wildman–Crippen MR) is 55.5 cm³/mol. The van der Waals surface area contributed by atoms with Crippen molar-refractivity contribution in [2.75, 3.05) is 19.7 Å². The molecule has 0 rings (SSSR count). The minimum atomic E-state index is -4.75. The molecule has 0 aliphatic carbocycles. The number of rotatable bonds is 7. The van der Waals surface area contributed by atoms with E-state index in [1.165, 1.54) is 0 Å². The van der Waals surface area contributed by atoms with E-state index in [4.69, 9.17) is 10.2 Å². The number of hydrogen-bond donors (Lipinski definition) is 3. The van der Waals surface area contributed by atoms with Crippen LogP contribution in [0.25, 0.3) is 0 Å². The van der Waals surface area contributed by atoms with Gasteiger partial charge in [0.05, 0.1) is 0 Å². The van der Waals surface area contributed by atoms with Crippen LogP contribution in [0.4, 0.5) is 13.2 Å². The summed E-state index contributed by atoms with van der Waals surface area (Å²) in [5, 5.41) is 19.7. The minimum absolute atomic E-state index is 0.0592. The van der Waals surface area contributed by atoms with Gasteiger partial charge in [0.25, 0.3) is 0 Å². The van der Waals surface area contributed by atoms with Crippen molar-refractivity contribution < 1.29 is 28.2 Å². The summed E-state index contributed by atoms with van der Waals surface area (Å²) >= 11 is 0. The van der Waals surface area contributed by atoms with Crippen LogP contribution in [-0.4, -0.2) is 42.1 Å². The molecule has 7 heteroatoms. The van der Waals surface area contributed by atoms with Gasteiger partial charge >= 0.3 is 12.1 Å². The van der Waals surface area contributed by atoms with Crippen LogP contribution >= 0.6 is 0 Å². The molecule has 0 heterocycles. The van der Waals surface area contributed by atoms with Gasteiger partial charge in [0.1, 0.15) is 0 Å². The van der Waals surface area contributed by atoms with Crippen LogP contribution in [0.5, 0.6) is 0 Å². The average molecular weight is 257 g/mol. The van der Waals surface area contributed by atoms with E-state index in [0.717, 1.165) is 0 Å². The third kappa shape index (κ3) is 6.48. The number of carboxylic acid groups (broad SMARTS) is 1. The number of aliphatic carboxylic acids is 1. The SMILES string of the molecule is CC(C)(CCO)CNCC(C(=O)O)C(F)(F)F. The maximum Gasteiger partial charge on any atom is 0.403 e. The maximum absolute atomic E-state index is 12.3. The highest BCUT2D eigenvalue weighted by Gasteiger charge is 2.44. The molecule has 1 atom stereocenters. The van der Waals surface area contributed by atoms with Crippen molar-refractivity contribution in [3.8, 4) is 0 Å². The maximum atomic E-state index is 12.3. The van der Waals surface area contributed by atoms with Crippen LogP contribution in [0.1, 0.15) is 20.3 Å². The number of nitrogens with one attached hydrogen (secondary N) is 1. The van der Waals surface area contributed by atoms with E-state index in [0.29, 0.717) is 6.42 Å². The highest BCUT2D eigenvalue weighted by molar-refractivity contribution is 5.71. The zero-order valence-electron chi connectivity index (χ0n) is 9.84. The molecule has 0 radical (unpaired) electrons. The zero-order valence-corrected chi connectivity index (χ0v) is 9.84. The quantitative estimate of drug-likeness (QED) is 0.642. The molecule has 1 unspecified atom stereocenters. The molecule has 17 heavy (non-hydrogen) atoms. The van der Waals surface area contributed by atoms with Crippen LogP contribution in [0.3, 0.4) is 0 Å². The molecular formula is C10H18F3NO3. The predicted octanol–water partition coefficient (Wildman–Crippen LogP) is 1.25. The van der Waals surface area contributed by atoms with Gasteiger partial charge in [-0.25, -0.2) is 0 Å². The Morgan fingerprint density at radius 3 is 2.24 bits per heavy atom. The number of aliphatic hydroxyl groups is 1. The first-order chi connectivity index (χ1) is 7.60. The first kappa shape index (κ1) is 16.2. The number of carbonyl (C=O) groups is 1. The second-order valence-electron chi connectivity index (χ2n) is 4.70. The summed E-state index contributed by atoms with van der Waals surface area (Å²) in [6.45, 7) is 3.05. The second-order valence-corrected chi connectivity index (χ2v) is 4.70. The summed E-state index contributed by atoms with van der Waals surface area (Å²) in [5.74, 6) is -4.28. The molecule has 0 aromatic rings. The fraction of sp³-hybridized carbons (Fsp3) is 0.900. The van der Waals surface area contributed by atoms with Crippen molar-refractivity contribution in [3.05, 3.63) is 0 Å². The summed E-state index contributed by atoms with van der Waals surface area (Å²) in [6.07, 6.45) is -4.32. The van der Waals surface area contributed by atoms with Gasteiger partial charge in [-0.05, 0) is 11.8 Å². The van der Waals surface area contributed by atoms with E-state index in [1.807, 2.05) is 0 Å². The lowest BCUT2D eigenvalue weighted by atomic mass is 9.89. The number of halogens is 3. The lowest BCUT2D eigenvalue weighted by Gasteiger charge is -2.25. The highest BCUT2D eigenvalue weighted by atomic mass is 19.4. The van der Waals surface area contributed by atoms with Gasteiger partial charge in [-0.3, -0.25) is 4.79 Å². The summed E-state index contributed by atoms with van der Waals surface area (Å²) in [5.41, 5.74) is -0.372. The van der Waals surface area contributed by atoms with Gasteiger partial charge in [0, 0.05) is 19.7 Å². The van der Waals surface area contributed by atoms with Gasteiger partial charge in [0.15, 0.2) is 5.92 Å². The Balaban J connectivity index is 4.21. The van der Waals surface area contributed by atoms with Crippen LogP contribution in [-0.2, 0) is 4.79 Å². The molecule has 0 fully saturated rings. The molecule has 0 saturated heterocycles. The summed E-state index contributed by atoms with van der Waals surface area (Å²) in [7, 11) is 0. The van der Waals surface area contributed by atoms with Gasteiger partial charge in [0.2, 0.25) is 0 Å². The molecular weight excluding hydrogens is 239 g/mol. The van der Waals surface area contributed by atoms with E-state index in [1.54, 1.807) is 13.8 Å². The first-order valence-electron chi connectivity index (χ1n) is 5.21. The molecule has 0 bridgehead atoms. The Hall–Kier alpha value is -0.820. The molecule has 102 valence electrons. The van der Waals surface area contributed by atoms with Gasteiger partial charge in [-0.15, -0.1) is 0 Å². The zero-order chi connectivity index (χ0) is 13.7. The fourth-order valence-electron chi connectivity index (χ4n) is 1.29. The number of carboxylic acids is 1. The van der Waals surface area contributed by atoms with E-state index < -0.39 is 24.6 Å². The van der Waals surface area contributed by atoms with Crippen molar-refractivity contribution in [2.45, 2.75) is 26.4 Å². The molecule has 3 N–H and O–H groups in total. The summed E-state index contributed by atoms with van der Waals surface area (Å²) in [6, 6.07) is 0. The van der Waals surface area contributed by atoms with Gasteiger partial charge < -0.3 is 15.5 Å². The van der Waals surface area contributed by atoms with E-state index in [9.17, 15) is 18.0 Å². The lowest BCUT2D eigenvalue weighted by molar-refractivity contribution is -0.192. The molecule has 0 aromatic carbocycles. The van der Waals surface area contributed by atoms with Crippen LogP contribution < -0.4 is 5.32 Å². The van der Waals surface area contributed by atoms with Crippen molar-refractivity contribution in [1.82, 2.24) is 5.32 Å². The molecule has 4 nitrogen and oxygen atoms in total. The van der Waals surface area contributed by atoms with Crippen molar-refractivity contribution in [3.63, 3.8) is 0 Å². The third-order valence-corrected chi connectivity index (χ3v) is 2.43. The molecule has 0 aliphatic heterocycles. The van der Waals surface area contributed by atoms with E-state index in [2.05, 4.69) is 5.32 Å². The lowest BCUT2D eigenvalue weighted by Crippen LogP contribution is -2.42. The number of hydrogen-bond acceptors (Lipinski definition) is 3. The third-order valence-electron chi connectivity index (χ3n) is 2.43. The smallest absolute Gasteiger partial charge is 0.403 e. The molecule has 0 saturated carbocycles. The fourth-order valence-corrected chi connectivity index (χ4v) is 1.29. The normalized spacial score (nSPS) is 14.7.